The Morgan fingerprint density at radius 1 is 1.19 bits per heavy atom. The third-order valence-electron chi connectivity index (χ3n) is 5.77. The lowest BCUT2D eigenvalue weighted by atomic mass is 9.89. The number of hydrogen-bond acceptors (Lipinski definition) is 6. The van der Waals surface area contributed by atoms with Crippen LogP contribution in [0.2, 0.25) is 0 Å². The summed E-state index contributed by atoms with van der Waals surface area (Å²) in [5.41, 5.74) is 4.44. The van der Waals surface area contributed by atoms with Gasteiger partial charge < -0.3 is 14.9 Å². The van der Waals surface area contributed by atoms with Crippen LogP contribution in [0.4, 0.5) is 5.82 Å². The van der Waals surface area contributed by atoms with Gasteiger partial charge in [0.1, 0.15) is 5.82 Å². The van der Waals surface area contributed by atoms with Crippen molar-refractivity contribution in [2.45, 2.75) is 57.8 Å². The average molecular weight is 457 g/mol. The Labute approximate surface area is 194 Å². The van der Waals surface area contributed by atoms with Gasteiger partial charge in [0.05, 0.1) is 6.42 Å². The number of fused-ring (bicyclic) bond motifs is 1. The van der Waals surface area contributed by atoms with Crippen LogP contribution >= 0.6 is 12.4 Å². The Morgan fingerprint density at radius 3 is 2.84 bits per heavy atom. The van der Waals surface area contributed by atoms with Crippen LogP contribution in [0, 0.1) is 6.92 Å². The predicted molar refractivity (Wildman–Crippen MR) is 124 cm³/mol. The van der Waals surface area contributed by atoms with Crippen LogP contribution in [-0.4, -0.2) is 32.7 Å². The second-order valence-corrected chi connectivity index (χ2v) is 8.15. The van der Waals surface area contributed by atoms with Gasteiger partial charge in [-0.05, 0) is 55.4 Å². The summed E-state index contributed by atoms with van der Waals surface area (Å²) in [5, 5.41) is 16.8. The molecule has 1 aliphatic rings. The van der Waals surface area contributed by atoms with Crippen LogP contribution in [0.25, 0.3) is 0 Å². The van der Waals surface area contributed by atoms with E-state index in [0.717, 1.165) is 54.9 Å². The molecule has 0 saturated heterocycles. The highest BCUT2D eigenvalue weighted by molar-refractivity contribution is 5.85. The first-order chi connectivity index (χ1) is 15.1. The van der Waals surface area contributed by atoms with E-state index >= 15 is 0 Å². The van der Waals surface area contributed by atoms with Gasteiger partial charge in [-0.1, -0.05) is 35.5 Å². The first kappa shape index (κ1) is 23.7. The van der Waals surface area contributed by atoms with E-state index in [4.69, 9.17) is 9.51 Å². The van der Waals surface area contributed by atoms with Gasteiger partial charge in [-0.3, -0.25) is 4.79 Å². The van der Waals surface area contributed by atoms with Crippen molar-refractivity contribution in [3.8, 4) is 0 Å². The number of nitrogens with zero attached hydrogens (tertiary/aromatic N) is 3. The van der Waals surface area contributed by atoms with Crippen molar-refractivity contribution in [1.29, 1.82) is 0 Å². The third-order valence-corrected chi connectivity index (χ3v) is 5.77. The minimum absolute atomic E-state index is 0. The molecule has 2 N–H and O–H groups in total. The summed E-state index contributed by atoms with van der Waals surface area (Å²) < 4.78 is 5.44. The van der Waals surface area contributed by atoms with Crippen LogP contribution in [0.1, 0.15) is 59.3 Å². The van der Waals surface area contributed by atoms with Crippen LogP contribution in [0.5, 0.6) is 0 Å². The van der Waals surface area contributed by atoms with Crippen molar-refractivity contribution in [3.05, 3.63) is 70.5 Å². The van der Waals surface area contributed by atoms with Crippen LogP contribution in [0.3, 0.4) is 0 Å². The molecule has 0 spiro atoms. The van der Waals surface area contributed by atoms with Gasteiger partial charge in [-0.25, -0.2) is 4.98 Å². The van der Waals surface area contributed by atoms with Gasteiger partial charge in [-0.2, -0.15) is 4.98 Å². The minimum Gasteiger partial charge on any atom is -0.481 e. The number of aromatic nitrogens is 3. The van der Waals surface area contributed by atoms with E-state index in [2.05, 4.69) is 27.6 Å². The maximum absolute atomic E-state index is 11.4. The Hall–Kier alpha value is -2.93. The molecule has 7 nitrogen and oxygen atoms in total. The smallest absolute Gasteiger partial charge is 0.303 e. The number of hydrogen-bond donors (Lipinski definition) is 2. The van der Waals surface area contributed by atoms with E-state index in [0.29, 0.717) is 24.6 Å². The number of halogens is 1. The highest BCUT2D eigenvalue weighted by atomic mass is 35.5. The molecule has 32 heavy (non-hydrogen) atoms. The van der Waals surface area contributed by atoms with E-state index < -0.39 is 5.97 Å². The third kappa shape index (κ3) is 6.07. The molecule has 0 saturated carbocycles. The highest BCUT2D eigenvalue weighted by Gasteiger charge is 2.21. The van der Waals surface area contributed by atoms with Crippen molar-refractivity contribution < 1.29 is 14.4 Å². The van der Waals surface area contributed by atoms with E-state index in [9.17, 15) is 9.90 Å². The lowest BCUT2D eigenvalue weighted by Gasteiger charge is -2.17. The van der Waals surface area contributed by atoms with Crippen LogP contribution in [-0.2, 0) is 30.5 Å². The van der Waals surface area contributed by atoms with Crippen molar-refractivity contribution >= 4 is 24.2 Å². The quantitative estimate of drug-likeness (QED) is 0.487. The van der Waals surface area contributed by atoms with E-state index in [1.807, 2.05) is 31.2 Å². The molecule has 3 heterocycles. The topological polar surface area (TPSA) is 101 Å². The fourth-order valence-corrected chi connectivity index (χ4v) is 4.17. The fourth-order valence-electron chi connectivity index (χ4n) is 4.17. The Kier molecular flexibility index (Phi) is 8.22. The molecule has 1 aromatic carbocycles. The molecule has 0 radical (unpaired) electrons. The van der Waals surface area contributed by atoms with Gasteiger partial charge in [0.25, 0.3) is 0 Å². The Balaban J connectivity index is 0.00000289. The summed E-state index contributed by atoms with van der Waals surface area (Å²) in [6, 6.07) is 12.1. The number of carboxylic acid groups (broad SMARTS) is 1. The predicted octanol–water partition coefficient (Wildman–Crippen LogP) is 4.53. The number of aliphatic carboxylic acids is 1. The van der Waals surface area contributed by atoms with Gasteiger partial charge in [0.2, 0.25) is 5.89 Å². The average Bonchev–Trinajstić information content (AvgIpc) is 3.20. The number of benzene rings is 1. The molecule has 170 valence electrons. The van der Waals surface area contributed by atoms with Crippen LogP contribution < -0.4 is 5.32 Å². The lowest BCUT2D eigenvalue weighted by molar-refractivity contribution is -0.137. The van der Waals surface area contributed by atoms with Gasteiger partial charge in [0.15, 0.2) is 5.82 Å². The Morgan fingerprint density at radius 2 is 2.03 bits per heavy atom. The fraction of sp³-hybridized carbons (Fsp3) is 0.417. The molecule has 0 fully saturated rings. The maximum Gasteiger partial charge on any atom is 0.303 e. The van der Waals surface area contributed by atoms with Crippen molar-refractivity contribution in [3.63, 3.8) is 0 Å². The number of carbonyl (C=O) groups is 1. The Bertz CT molecular complexity index is 1050. The number of nitrogens with one attached hydrogen (secondary N) is 1. The number of carboxylic acids is 1. The number of anilines is 1. The number of pyridine rings is 1. The SMILES string of the molecule is Cc1ccccc1C(CC(=O)O)Cc1nc(CCCc2ccc3c(n2)NCCC3)no1.Cl. The first-order valence-electron chi connectivity index (χ1n) is 10.9. The zero-order chi connectivity index (χ0) is 21.6. The maximum atomic E-state index is 11.4. The summed E-state index contributed by atoms with van der Waals surface area (Å²) >= 11 is 0. The van der Waals surface area contributed by atoms with Crippen LogP contribution in [0.15, 0.2) is 40.9 Å². The van der Waals surface area contributed by atoms with Crippen molar-refractivity contribution in [1.82, 2.24) is 15.1 Å². The molecular formula is C24H29ClN4O3. The number of rotatable bonds is 9. The first-order valence-corrected chi connectivity index (χ1v) is 10.9. The van der Waals surface area contributed by atoms with E-state index in [-0.39, 0.29) is 24.7 Å². The molecule has 0 aliphatic carbocycles. The van der Waals surface area contributed by atoms with Gasteiger partial charge >= 0.3 is 5.97 Å². The molecule has 8 heteroatoms. The molecular weight excluding hydrogens is 428 g/mol. The largest absolute Gasteiger partial charge is 0.481 e. The summed E-state index contributed by atoms with van der Waals surface area (Å²) in [7, 11) is 0. The zero-order valence-electron chi connectivity index (χ0n) is 18.2. The number of aryl methyl sites for hydroxylation is 4. The molecule has 1 atom stereocenters. The molecule has 1 aliphatic heterocycles. The van der Waals surface area contributed by atoms with Gasteiger partial charge in [-0.15, -0.1) is 12.4 Å². The lowest BCUT2D eigenvalue weighted by Crippen LogP contribution is -2.14. The molecule has 0 amide bonds. The second-order valence-electron chi connectivity index (χ2n) is 8.15. The molecule has 1 unspecified atom stereocenters. The van der Waals surface area contributed by atoms with Crippen molar-refractivity contribution in [2.24, 2.45) is 0 Å². The standard InChI is InChI=1S/C24H28N4O3.ClH/c1-16-6-2-3-9-20(16)18(15-23(29)30)14-22-27-21(28-31-22)10-4-8-19-12-11-17-7-5-13-25-24(17)26-19;/h2-3,6,9,11-12,18H,4-5,7-8,10,13-15H2,1H3,(H,25,26)(H,29,30);1H. The normalized spacial score (nSPS) is 13.5. The molecule has 3 aromatic rings. The second kappa shape index (κ2) is 11.1. The molecule has 0 bridgehead atoms. The molecule has 4 rings (SSSR count). The highest BCUT2D eigenvalue weighted by Crippen LogP contribution is 2.27. The van der Waals surface area contributed by atoms with Gasteiger partial charge in [0, 0.05) is 31.0 Å². The van der Waals surface area contributed by atoms with Crippen molar-refractivity contribution in [2.75, 3.05) is 11.9 Å². The molecule has 2 aromatic heterocycles. The monoisotopic (exact) mass is 456 g/mol. The summed E-state index contributed by atoms with van der Waals surface area (Å²) in [5.74, 6) is 1.14. The summed E-state index contributed by atoms with van der Waals surface area (Å²) in [4.78, 5) is 20.6. The van der Waals surface area contributed by atoms with E-state index in [1.165, 1.54) is 5.56 Å². The summed E-state index contributed by atoms with van der Waals surface area (Å²) in [6.07, 6.45) is 5.12. The van der Waals surface area contributed by atoms with E-state index in [1.54, 1.807) is 0 Å². The minimum atomic E-state index is -0.833. The summed E-state index contributed by atoms with van der Waals surface area (Å²) in [6.45, 7) is 2.98. The zero-order valence-corrected chi connectivity index (χ0v) is 19.0.